The minimum atomic E-state index is -0.245. The Labute approximate surface area is 67.1 Å². The predicted octanol–water partition coefficient (Wildman–Crippen LogP) is 0.162. The molecule has 0 aliphatic rings. The van der Waals surface area contributed by atoms with E-state index < -0.39 is 0 Å². The highest BCUT2D eigenvalue weighted by Gasteiger charge is 1.96. The van der Waals surface area contributed by atoms with Crippen LogP contribution in [0.3, 0.4) is 0 Å². The van der Waals surface area contributed by atoms with Crippen molar-refractivity contribution in [3.05, 3.63) is 0 Å². The highest BCUT2D eigenvalue weighted by Crippen LogP contribution is 1.82. The summed E-state index contributed by atoms with van der Waals surface area (Å²) in [5, 5.41) is 2.90. The molecule has 11 heavy (non-hydrogen) atoms. The van der Waals surface area contributed by atoms with Gasteiger partial charge in [-0.2, -0.15) is 0 Å². The van der Waals surface area contributed by atoms with Crippen LogP contribution in [0.15, 0.2) is 0 Å². The number of hydrogen-bond donors (Lipinski definition) is 1. The molecule has 1 N–H and O–H groups in total. The van der Waals surface area contributed by atoms with Crippen molar-refractivity contribution in [2.24, 2.45) is 0 Å². The first-order valence-electron chi connectivity index (χ1n) is 3.52. The Morgan fingerprint density at radius 3 is 3.00 bits per heavy atom. The smallest absolute Gasteiger partial charge is 0.319 e. The van der Waals surface area contributed by atoms with Crippen LogP contribution in [0.2, 0.25) is 0 Å². The number of nitrogens with one attached hydrogen (secondary N) is 1. The first-order valence-corrected chi connectivity index (χ1v) is 3.52. The maximum absolute atomic E-state index is 10.5. The van der Waals surface area contributed by atoms with Crippen LogP contribution >= 0.6 is 0 Å². The molecule has 0 aromatic heterocycles. The third-order valence-electron chi connectivity index (χ3n) is 1.17. The van der Waals surface area contributed by atoms with Gasteiger partial charge in [-0.05, 0) is 13.0 Å². The van der Waals surface area contributed by atoms with Crippen molar-refractivity contribution in [2.75, 3.05) is 20.2 Å². The first kappa shape index (κ1) is 9.99. The molecule has 0 amide bonds. The zero-order valence-corrected chi connectivity index (χ0v) is 6.72. The third-order valence-corrected chi connectivity index (χ3v) is 1.17. The van der Waals surface area contributed by atoms with E-state index in [4.69, 9.17) is 6.42 Å². The van der Waals surface area contributed by atoms with Gasteiger partial charge in [-0.1, -0.05) is 0 Å². The maximum atomic E-state index is 10.5. The van der Waals surface area contributed by atoms with Crippen LogP contribution in [0.5, 0.6) is 0 Å². The van der Waals surface area contributed by atoms with Crippen molar-refractivity contribution in [2.45, 2.75) is 12.8 Å². The van der Waals surface area contributed by atoms with E-state index in [-0.39, 0.29) is 12.5 Å². The van der Waals surface area contributed by atoms with Crippen LogP contribution in [-0.2, 0) is 9.53 Å². The van der Waals surface area contributed by atoms with Crippen molar-refractivity contribution in [1.29, 1.82) is 0 Å². The average molecular weight is 155 g/mol. The molecule has 3 nitrogen and oxygen atoms in total. The van der Waals surface area contributed by atoms with Gasteiger partial charge in [0, 0.05) is 6.42 Å². The lowest BCUT2D eigenvalue weighted by molar-refractivity contribution is -0.139. The summed E-state index contributed by atoms with van der Waals surface area (Å²) in [5.74, 6) is 2.27. The second-order valence-electron chi connectivity index (χ2n) is 2.06. The Balaban J connectivity index is 3.03. The van der Waals surface area contributed by atoms with Gasteiger partial charge in [0.25, 0.3) is 0 Å². The van der Waals surface area contributed by atoms with Crippen LogP contribution in [0.1, 0.15) is 12.8 Å². The van der Waals surface area contributed by atoms with E-state index in [1.54, 1.807) is 0 Å². The molecule has 0 saturated carbocycles. The van der Waals surface area contributed by atoms with Gasteiger partial charge in [-0.25, -0.2) is 0 Å². The van der Waals surface area contributed by atoms with E-state index in [2.05, 4.69) is 16.0 Å². The summed E-state index contributed by atoms with van der Waals surface area (Å²) < 4.78 is 4.41. The fraction of sp³-hybridized carbons (Fsp3) is 0.625. The van der Waals surface area contributed by atoms with E-state index in [0.29, 0.717) is 0 Å². The maximum Gasteiger partial charge on any atom is 0.319 e. The van der Waals surface area contributed by atoms with Gasteiger partial charge in [0.15, 0.2) is 0 Å². The largest absolute Gasteiger partial charge is 0.468 e. The fourth-order valence-electron chi connectivity index (χ4n) is 0.578. The zero-order valence-electron chi connectivity index (χ0n) is 6.72. The number of ether oxygens (including phenoxy) is 1. The van der Waals surface area contributed by atoms with Crippen molar-refractivity contribution in [3.63, 3.8) is 0 Å². The summed E-state index contributed by atoms with van der Waals surface area (Å²) in [6.45, 7) is 1.03. The molecular formula is C8H13NO2. The van der Waals surface area contributed by atoms with Crippen LogP contribution in [0, 0.1) is 12.3 Å². The summed E-state index contributed by atoms with van der Waals surface area (Å²) in [5.41, 5.74) is 0. The lowest BCUT2D eigenvalue weighted by atomic mass is 10.3. The monoisotopic (exact) mass is 155 g/mol. The average Bonchev–Trinajstić information content (AvgIpc) is 2.04. The number of carbonyl (C=O) groups excluding carboxylic acids is 1. The van der Waals surface area contributed by atoms with Crippen molar-refractivity contribution in [1.82, 2.24) is 5.32 Å². The lowest BCUT2D eigenvalue weighted by Crippen LogP contribution is -2.24. The summed E-state index contributed by atoms with van der Waals surface area (Å²) in [7, 11) is 1.37. The lowest BCUT2D eigenvalue weighted by Gasteiger charge is -2.00. The van der Waals surface area contributed by atoms with Crippen molar-refractivity contribution in [3.8, 4) is 12.3 Å². The molecule has 0 rings (SSSR count). The minimum absolute atomic E-state index is 0.245. The van der Waals surface area contributed by atoms with Crippen molar-refractivity contribution >= 4 is 5.97 Å². The number of methoxy groups -OCH3 is 1. The second-order valence-corrected chi connectivity index (χ2v) is 2.06. The molecule has 0 fully saturated rings. The summed E-state index contributed by atoms with van der Waals surface area (Å²) in [4.78, 5) is 10.5. The van der Waals surface area contributed by atoms with Crippen molar-refractivity contribution < 1.29 is 9.53 Å². The standard InChI is InChI=1S/C8H13NO2/c1-3-4-5-6-9-7-8(10)11-2/h1,9H,4-7H2,2H3. The number of esters is 1. The fourth-order valence-corrected chi connectivity index (χ4v) is 0.578. The summed E-state index contributed by atoms with van der Waals surface area (Å²) in [6, 6.07) is 0. The SMILES string of the molecule is C#CCCCNCC(=O)OC. The predicted molar refractivity (Wildman–Crippen MR) is 43.0 cm³/mol. The van der Waals surface area contributed by atoms with Crippen LogP contribution < -0.4 is 5.32 Å². The molecule has 0 aliphatic carbocycles. The van der Waals surface area contributed by atoms with Gasteiger partial charge in [0.05, 0.1) is 13.7 Å². The van der Waals surface area contributed by atoms with Crippen LogP contribution in [0.4, 0.5) is 0 Å². The van der Waals surface area contributed by atoms with Gasteiger partial charge in [0.2, 0.25) is 0 Å². The highest BCUT2D eigenvalue weighted by atomic mass is 16.5. The molecule has 3 heteroatoms. The molecule has 0 heterocycles. The number of terminal acetylenes is 1. The molecule has 0 radical (unpaired) electrons. The van der Waals surface area contributed by atoms with Gasteiger partial charge in [-0.15, -0.1) is 12.3 Å². The molecule has 0 aromatic rings. The van der Waals surface area contributed by atoms with E-state index >= 15 is 0 Å². The molecule has 0 spiro atoms. The number of rotatable bonds is 5. The first-order chi connectivity index (χ1) is 5.31. The van der Waals surface area contributed by atoms with E-state index in [1.165, 1.54) is 7.11 Å². The zero-order chi connectivity index (χ0) is 8.53. The number of carbonyl (C=O) groups is 1. The molecule has 0 atom stereocenters. The second kappa shape index (κ2) is 7.10. The van der Waals surface area contributed by atoms with E-state index in [1.807, 2.05) is 0 Å². The van der Waals surface area contributed by atoms with Gasteiger partial charge in [-0.3, -0.25) is 4.79 Å². The quantitative estimate of drug-likeness (QED) is 0.349. The van der Waals surface area contributed by atoms with Crippen LogP contribution in [-0.4, -0.2) is 26.2 Å². The normalized spacial score (nSPS) is 8.73. The molecule has 0 aliphatic heterocycles. The Bertz CT molecular complexity index is 149. The topological polar surface area (TPSA) is 38.3 Å². The number of hydrogen-bond acceptors (Lipinski definition) is 3. The van der Waals surface area contributed by atoms with Gasteiger partial charge < -0.3 is 10.1 Å². The Morgan fingerprint density at radius 2 is 2.45 bits per heavy atom. The third kappa shape index (κ3) is 6.88. The van der Waals surface area contributed by atoms with E-state index in [0.717, 1.165) is 19.4 Å². The molecule has 0 unspecified atom stereocenters. The Kier molecular flexibility index (Phi) is 6.45. The Morgan fingerprint density at radius 1 is 1.73 bits per heavy atom. The number of unbranched alkanes of at least 4 members (excludes halogenated alkanes) is 1. The summed E-state index contributed by atoms with van der Waals surface area (Å²) in [6.07, 6.45) is 6.67. The van der Waals surface area contributed by atoms with E-state index in [9.17, 15) is 4.79 Å². The molecule has 62 valence electrons. The van der Waals surface area contributed by atoms with Gasteiger partial charge in [0.1, 0.15) is 0 Å². The van der Waals surface area contributed by atoms with Gasteiger partial charge >= 0.3 is 5.97 Å². The molecule has 0 saturated heterocycles. The molecular weight excluding hydrogens is 142 g/mol. The van der Waals surface area contributed by atoms with Crippen LogP contribution in [0.25, 0.3) is 0 Å². The molecule has 0 bridgehead atoms. The molecule has 0 aromatic carbocycles. The summed E-state index contributed by atoms with van der Waals surface area (Å²) >= 11 is 0. The Hall–Kier alpha value is -1.01. The highest BCUT2D eigenvalue weighted by molar-refractivity contribution is 5.71. The minimum Gasteiger partial charge on any atom is -0.468 e.